The van der Waals surface area contributed by atoms with Crippen molar-refractivity contribution in [3.63, 3.8) is 0 Å². The Balaban J connectivity index is 1.47. The van der Waals surface area contributed by atoms with Crippen molar-refractivity contribution in [3.05, 3.63) is 83.6 Å². The van der Waals surface area contributed by atoms with Gasteiger partial charge in [-0.15, -0.1) is 0 Å². The number of fused-ring (bicyclic) bond motifs is 1. The second kappa shape index (κ2) is 8.66. The predicted molar refractivity (Wildman–Crippen MR) is 118 cm³/mol. The zero-order chi connectivity index (χ0) is 21.8. The Labute approximate surface area is 178 Å². The molecule has 3 heterocycles. The molecule has 0 aliphatic heterocycles. The van der Waals surface area contributed by atoms with Gasteiger partial charge in [0.15, 0.2) is 0 Å². The lowest BCUT2D eigenvalue weighted by Crippen LogP contribution is -2.24. The van der Waals surface area contributed by atoms with Crippen molar-refractivity contribution in [2.45, 2.75) is 20.4 Å². The minimum absolute atomic E-state index is 0.252. The van der Waals surface area contributed by atoms with Gasteiger partial charge in [0.1, 0.15) is 11.3 Å². The van der Waals surface area contributed by atoms with Crippen LogP contribution in [-0.4, -0.2) is 21.9 Å². The number of anilines is 2. The third-order valence-electron chi connectivity index (χ3n) is 4.68. The molecule has 0 fully saturated rings. The summed E-state index contributed by atoms with van der Waals surface area (Å²) >= 11 is 0. The average molecular weight is 415 g/mol. The van der Waals surface area contributed by atoms with E-state index in [-0.39, 0.29) is 12.5 Å². The number of carbonyl (C=O) groups is 2. The van der Waals surface area contributed by atoms with Crippen molar-refractivity contribution in [1.29, 1.82) is 0 Å². The van der Waals surface area contributed by atoms with Crippen molar-refractivity contribution in [2.75, 3.05) is 10.6 Å². The van der Waals surface area contributed by atoms with Gasteiger partial charge in [-0.05, 0) is 61.9 Å². The standard InChI is InChI=1S/C23H21N5O3/c1-14-7-8-16(12-18(14)22(29)25-13-17-5-4-10-31-17)27-23(30)28-20-11-15(2)26-19-6-3-9-24-21(19)20/h3-12H,13H2,1-2H3,(H,25,29)(H2,26,27,28,30). The quantitative estimate of drug-likeness (QED) is 0.447. The van der Waals surface area contributed by atoms with E-state index < -0.39 is 6.03 Å². The maximum Gasteiger partial charge on any atom is 0.323 e. The lowest BCUT2D eigenvalue weighted by atomic mass is 10.1. The molecule has 3 aromatic heterocycles. The first kappa shape index (κ1) is 20.1. The van der Waals surface area contributed by atoms with Gasteiger partial charge in [-0.25, -0.2) is 4.79 Å². The molecule has 0 aliphatic carbocycles. The predicted octanol–water partition coefficient (Wildman–Crippen LogP) is 4.41. The van der Waals surface area contributed by atoms with Crippen LogP contribution in [-0.2, 0) is 6.54 Å². The first-order valence-electron chi connectivity index (χ1n) is 9.71. The maximum atomic E-state index is 12.6. The van der Waals surface area contributed by atoms with E-state index in [1.54, 1.807) is 54.9 Å². The highest BCUT2D eigenvalue weighted by Gasteiger charge is 2.13. The Hall–Kier alpha value is -4.20. The van der Waals surface area contributed by atoms with E-state index in [4.69, 9.17) is 4.42 Å². The van der Waals surface area contributed by atoms with Crippen LogP contribution in [0.5, 0.6) is 0 Å². The molecular formula is C23H21N5O3. The number of carbonyl (C=O) groups excluding carboxylic acids is 2. The monoisotopic (exact) mass is 415 g/mol. The number of hydrogen-bond acceptors (Lipinski definition) is 5. The van der Waals surface area contributed by atoms with Crippen LogP contribution in [0.1, 0.15) is 27.4 Å². The molecule has 1 aromatic carbocycles. The molecule has 31 heavy (non-hydrogen) atoms. The minimum atomic E-state index is -0.441. The fraction of sp³-hybridized carbons (Fsp3) is 0.130. The molecule has 4 aromatic rings. The molecular weight excluding hydrogens is 394 g/mol. The first-order chi connectivity index (χ1) is 15.0. The summed E-state index contributed by atoms with van der Waals surface area (Å²) in [6, 6.07) is 13.7. The summed E-state index contributed by atoms with van der Waals surface area (Å²) in [4.78, 5) is 33.9. The Bertz CT molecular complexity index is 1250. The van der Waals surface area contributed by atoms with Gasteiger partial charge < -0.3 is 20.4 Å². The smallest absolute Gasteiger partial charge is 0.323 e. The molecule has 156 valence electrons. The van der Waals surface area contributed by atoms with Gasteiger partial charge >= 0.3 is 6.03 Å². The molecule has 0 saturated carbocycles. The zero-order valence-corrected chi connectivity index (χ0v) is 17.1. The van der Waals surface area contributed by atoms with Gasteiger partial charge in [0.05, 0.1) is 24.0 Å². The van der Waals surface area contributed by atoms with Crippen molar-refractivity contribution in [3.8, 4) is 0 Å². The lowest BCUT2D eigenvalue weighted by molar-refractivity contribution is 0.0947. The molecule has 0 unspecified atom stereocenters. The fourth-order valence-corrected chi connectivity index (χ4v) is 3.19. The molecule has 8 nitrogen and oxygen atoms in total. The van der Waals surface area contributed by atoms with E-state index in [9.17, 15) is 9.59 Å². The summed E-state index contributed by atoms with van der Waals surface area (Å²) < 4.78 is 5.23. The van der Waals surface area contributed by atoms with Gasteiger partial charge in [-0.3, -0.25) is 14.8 Å². The number of nitrogens with one attached hydrogen (secondary N) is 3. The highest BCUT2D eigenvalue weighted by Crippen LogP contribution is 2.21. The molecule has 0 radical (unpaired) electrons. The lowest BCUT2D eigenvalue weighted by Gasteiger charge is -2.12. The summed E-state index contributed by atoms with van der Waals surface area (Å²) in [5.41, 5.74) is 4.38. The molecule has 0 bridgehead atoms. The van der Waals surface area contributed by atoms with Crippen LogP contribution in [0.2, 0.25) is 0 Å². The van der Waals surface area contributed by atoms with E-state index in [0.717, 1.165) is 11.3 Å². The summed E-state index contributed by atoms with van der Waals surface area (Å²) in [6.45, 7) is 3.97. The Morgan fingerprint density at radius 1 is 1.03 bits per heavy atom. The number of aromatic nitrogens is 2. The van der Waals surface area contributed by atoms with E-state index in [1.165, 1.54) is 0 Å². The van der Waals surface area contributed by atoms with Crippen LogP contribution in [0.15, 0.2) is 65.4 Å². The molecule has 0 spiro atoms. The third kappa shape index (κ3) is 4.69. The van der Waals surface area contributed by atoms with E-state index in [2.05, 4.69) is 25.9 Å². The van der Waals surface area contributed by atoms with E-state index in [1.807, 2.05) is 19.9 Å². The number of nitrogens with zero attached hydrogens (tertiary/aromatic N) is 2. The summed E-state index contributed by atoms with van der Waals surface area (Å²) in [5.74, 6) is 0.408. The van der Waals surface area contributed by atoms with Crippen LogP contribution >= 0.6 is 0 Å². The van der Waals surface area contributed by atoms with Crippen LogP contribution in [0, 0.1) is 13.8 Å². The first-order valence-corrected chi connectivity index (χ1v) is 9.71. The maximum absolute atomic E-state index is 12.6. The number of urea groups is 1. The van der Waals surface area contributed by atoms with Crippen molar-refractivity contribution >= 4 is 34.3 Å². The minimum Gasteiger partial charge on any atom is -0.467 e. The van der Waals surface area contributed by atoms with E-state index >= 15 is 0 Å². The van der Waals surface area contributed by atoms with Gasteiger partial charge in [0.2, 0.25) is 0 Å². The SMILES string of the molecule is Cc1cc(NC(=O)Nc2ccc(C)c(C(=O)NCc3ccco3)c2)c2ncccc2n1. The van der Waals surface area contributed by atoms with Crippen molar-refractivity contribution < 1.29 is 14.0 Å². The number of furan rings is 1. The molecule has 0 aliphatic rings. The molecule has 0 saturated heterocycles. The Morgan fingerprint density at radius 2 is 1.90 bits per heavy atom. The Morgan fingerprint density at radius 3 is 2.71 bits per heavy atom. The number of hydrogen-bond donors (Lipinski definition) is 3. The van der Waals surface area contributed by atoms with Gasteiger partial charge in [-0.1, -0.05) is 6.07 Å². The topological polar surface area (TPSA) is 109 Å². The van der Waals surface area contributed by atoms with Crippen molar-refractivity contribution in [2.24, 2.45) is 0 Å². The summed E-state index contributed by atoms with van der Waals surface area (Å²) in [6.07, 6.45) is 3.20. The molecule has 3 amide bonds. The molecule has 8 heteroatoms. The highest BCUT2D eigenvalue weighted by atomic mass is 16.3. The molecule has 4 rings (SSSR count). The number of aryl methyl sites for hydroxylation is 2. The largest absolute Gasteiger partial charge is 0.467 e. The highest BCUT2D eigenvalue weighted by molar-refractivity contribution is 6.05. The van der Waals surface area contributed by atoms with Crippen LogP contribution in [0.25, 0.3) is 11.0 Å². The third-order valence-corrected chi connectivity index (χ3v) is 4.68. The normalized spacial score (nSPS) is 10.6. The van der Waals surface area contributed by atoms with Crippen LogP contribution in [0.4, 0.5) is 16.2 Å². The van der Waals surface area contributed by atoms with Crippen LogP contribution in [0.3, 0.4) is 0 Å². The number of benzene rings is 1. The second-order valence-electron chi connectivity index (χ2n) is 7.05. The number of pyridine rings is 2. The van der Waals surface area contributed by atoms with Gasteiger partial charge in [0, 0.05) is 23.1 Å². The Kier molecular flexibility index (Phi) is 5.61. The van der Waals surface area contributed by atoms with Crippen molar-refractivity contribution in [1.82, 2.24) is 15.3 Å². The summed E-state index contributed by atoms with van der Waals surface area (Å²) in [5, 5.41) is 8.40. The zero-order valence-electron chi connectivity index (χ0n) is 17.1. The number of rotatable bonds is 5. The average Bonchev–Trinajstić information content (AvgIpc) is 3.27. The van der Waals surface area contributed by atoms with Gasteiger partial charge in [-0.2, -0.15) is 0 Å². The summed E-state index contributed by atoms with van der Waals surface area (Å²) in [7, 11) is 0. The van der Waals surface area contributed by atoms with Gasteiger partial charge in [0.25, 0.3) is 5.91 Å². The second-order valence-corrected chi connectivity index (χ2v) is 7.05. The molecule has 3 N–H and O–H groups in total. The number of amides is 3. The van der Waals surface area contributed by atoms with Crippen LogP contribution < -0.4 is 16.0 Å². The van der Waals surface area contributed by atoms with E-state index in [0.29, 0.717) is 33.7 Å². The molecule has 0 atom stereocenters. The fourth-order valence-electron chi connectivity index (χ4n) is 3.19.